The fourth-order valence-electron chi connectivity index (χ4n) is 1.50. The van der Waals surface area contributed by atoms with E-state index in [0.717, 1.165) is 26.2 Å². The first kappa shape index (κ1) is 12.5. The molecule has 15 heavy (non-hydrogen) atoms. The van der Waals surface area contributed by atoms with Crippen molar-refractivity contribution in [3.8, 4) is 0 Å². The lowest BCUT2D eigenvalue weighted by Crippen LogP contribution is -2.28. The van der Waals surface area contributed by atoms with Crippen LogP contribution in [0, 0.1) is 11.8 Å². The first-order chi connectivity index (χ1) is 7.24. The fraction of sp³-hybridized carbons (Fsp3) is 0.909. The highest BCUT2D eigenvalue weighted by Gasteiger charge is 2.19. The van der Waals surface area contributed by atoms with Crippen molar-refractivity contribution < 1.29 is 14.3 Å². The molecule has 1 saturated heterocycles. The van der Waals surface area contributed by atoms with Crippen molar-refractivity contribution in [2.24, 2.45) is 11.8 Å². The first-order valence-electron chi connectivity index (χ1n) is 5.69. The van der Waals surface area contributed by atoms with Gasteiger partial charge in [-0.1, -0.05) is 13.8 Å². The summed E-state index contributed by atoms with van der Waals surface area (Å²) in [5, 5.41) is 3.13. The molecule has 1 fully saturated rings. The third-order valence-corrected chi connectivity index (χ3v) is 2.59. The van der Waals surface area contributed by atoms with E-state index in [0.29, 0.717) is 19.1 Å². The van der Waals surface area contributed by atoms with E-state index in [1.54, 1.807) is 0 Å². The number of rotatable bonds is 6. The number of ether oxygens (including phenoxy) is 2. The zero-order valence-electron chi connectivity index (χ0n) is 9.62. The number of nitrogens with one attached hydrogen (secondary N) is 1. The van der Waals surface area contributed by atoms with Crippen LogP contribution in [0.5, 0.6) is 0 Å². The minimum Gasteiger partial charge on any atom is -0.465 e. The molecule has 1 aliphatic heterocycles. The molecule has 2 unspecified atom stereocenters. The van der Waals surface area contributed by atoms with Crippen molar-refractivity contribution in [3.05, 3.63) is 0 Å². The highest BCUT2D eigenvalue weighted by molar-refractivity contribution is 5.72. The second kappa shape index (κ2) is 6.80. The third-order valence-electron chi connectivity index (χ3n) is 2.59. The summed E-state index contributed by atoms with van der Waals surface area (Å²) in [6.45, 7) is 7.52. The molecule has 0 aromatic carbocycles. The molecule has 0 aromatic heterocycles. The van der Waals surface area contributed by atoms with Gasteiger partial charge in [0.15, 0.2) is 0 Å². The van der Waals surface area contributed by atoms with Crippen molar-refractivity contribution in [1.82, 2.24) is 5.32 Å². The van der Waals surface area contributed by atoms with Gasteiger partial charge in [-0.15, -0.1) is 0 Å². The summed E-state index contributed by atoms with van der Waals surface area (Å²) in [5.74, 6) is 0.232. The second-order valence-electron chi connectivity index (χ2n) is 4.07. The van der Waals surface area contributed by atoms with Crippen LogP contribution in [0.2, 0.25) is 0 Å². The topological polar surface area (TPSA) is 47.6 Å². The van der Waals surface area contributed by atoms with E-state index < -0.39 is 0 Å². The van der Waals surface area contributed by atoms with Crippen LogP contribution >= 0.6 is 0 Å². The fourth-order valence-corrected chi connectivity index (χ4v) is 1.50. The monoisotopic (exact) mass is 215 g/mol. The molecule has 4 heteroatoms. The van der Waals surface area contributed by atoms with Gasteiger partial charge < -0.3 is 14.8 Å². The summed E-state index contributed by atoms with van der Waals surface area (Å²) in [6.07, 6.45) is 1.01. The lowest BCUT2D eigenvalue weighted by atomic mass is 10.1. The molecule has 0 bridgehead atoms. The van der Waals surface area contributed by atoms with Crippen LogP contribution in [-0.4, -0.2) is 38.9 Å². The first-order valence-corrected chi connectivity index (χ1v) is 5.69. The number of hydrogen-bond donors (Lipinski definition) is 1. The molecule has 1 N–H and O–H groups in total. The van der Waals surface area contributed by atoms with Crippen molar-refractivity contribution in [2.75, 3.05) is 32.9 Å². The predicted octanol–water partition coefficient (Wildman–Crippen LogP) is 0.812. The molecular weight excluding hydrogens is 194 g/mol. The van der Waals surface area contributed by atoms with Crippen molar-refractivity contribution >= 4 is 5.97 Å². The molecule has 4 nitrogen and oxygen atoms in total. The maximum atomic E-state index is 11.5. The van der Waals surface area contributed by atoms with Crippen LogP contribution in [-0.2, 0) is 14.3 Å². The molecule has 2 atom stereocenters. The average Bonchev–Trinajstić information content (AvgIpc) is 2.75. The quantitative estimate of drug-likeness (QED) is 0.666. The van der Waals surface area contributed by atoms with Crippen molar-refractivity contribution in [1.29, 1.82) is 0 Å². The molecule has 0 radical (unpaired) electrons. The van der Waals surface area contributed by atoms with Crippen molar-refractivity contribution in [3.63, 3.8) is 0 Å². The maximum absolute atomic E-state index is 11.5. The van der Waals surface area contributed by atoms with E-state index in [1.807, 2.05) is 13.8 Å². The molecule has 0 amide bonds. The summed E-state index contributed by atoms with van der Waals surface area (Å²) in [6, 6.07) is 0. The lowest BCUT2D eigenvalue weighted by molar-refractivity contribution is -0.149. The summed E-state index contributed by atoms with van der Waals surface area (Å²) >= 11 is 0. The van der Waals surface area contributed by atoms with Crippen LogP contribution < -0.4 is 5.32 Å². The molecule has 1 rings (SSSR count). The highest BCUT2D eigenvalue weighted by Crippen LogP contribution is 2.13. The largest absolute Gasteiger partial charge is 0.465 e. The molecule has 1 aliphatic rings. The molecule has 0 aliphatic carbocycles. The average molecular weight is 215 g/mol. The Labute approximate surface area is 91.3 Å². The summed E-state index contributed by atoms with van der Waals surface area (Å²) in [7, 11) is 0. The van der Waals surface area contributed by atoms with Gasteiger partial charge in [-0.3, -0.25) is 4.79 Å². The lowest BCUT2D eigenvalue weighted by Gasteiger charge is -2.13. The van der Waals surface area contributed by atoms with Gasteiger partial charge in [0.05, 0.1) is 19.1 Å². The van der Waals surface area contributed by atoms with Gasteiger partial charge in [0.2, 0.25) is 0 Å². The minimum atomic E-state index is -0.108. The van der Waals surface area contributed by atoms with Gasteiger partial charge >= 0.3 is 5.97 Å². The van der Waals surface area contributed by atoms with E-state index in [9.17, 15) is 4.79 Å². The Morgan fingerprint density at radius 3 is 3.07 bits per heavy atom. The Balaban J connectivity index is 2.11. The molecule has 0 spiro atoms. The van der Waals surface area contributed by atoms with Gasteiger partial charge in [0.25, 0.3) is 0 Å². The highest BCUT2D eigenvalue weighted by atomic mass is 16.5. The maximum Gasteiger partial charge on any atom is 0.309 e. The molecule has 0 aromatic rings. The standard InChI is InChI=1S/C11H21NO3/c1-3-12-6-9(2)11(13)15-8-10-4-5-14-7-10/h9-10,12H,3-8H2,1-2H3. The summed E-state index contributed by atoms with van der Waals surface area (Å²) < 4.78 is 10.4. The van der Waals surface area contributed by atoms with Gasteiger partial charge in [0, 0.05) is 19.1 Å². The van der Waals surface area contributed by atoms with E-state index >= 15 is 0 Å². The normalized spacial score (nSPS) is 22.7. The SMILES string of the molecule is CCNCC(C)C(=O)OCC1CCOC1. The minimum absolute atomic E-state index is 0.0627. The zero-order chi connectivity index (χ0) is 11.1. The van der Waals surface area contributed by atoms with Crippen molar-refractivity contribution in [2.45, 2.75) is 20.3 Å². The van der Waals surface area contributed by atoms with Crippen LogP contribution in [0.1, 0.15) is 20.3 Å². The molecule has 88 valence electrons. The Hall–Kier alpha value is -0.610. The third kappa shape index (κ3) is 4.62. The predicted molar refractivity (Wildman–Crippen MR) is 57.6 cm³/mol. The Bertz CT molecular complexity index is 190. The number of hydrogen-bond acceptors (Lipinski definition) is 4. The number of esters is 1. The molecule has 0 saturated carbocycles. The van der Waals surface area contributed by atoms with Gasteiger partial charge in [-0.25, -0.2) is 0 Å². The van der Waals surface area contributed by atoms with E-state index in [-0.39, 0.29) is 11.9 Å². The zero-order valence-corrected chi connectivity index (χ0v) is 9.62. The van der Waals surface area contributed by atoms with E-state index in [4.69, 9.17) is 9.47 Å². The molecular formula is C11H21NO3. The molecule has 1 heterocycles. The Kier molecular flexibility index (Phi) is 5.65. The Morgan fingerprint density at radius 2 is 2.47 bits per heavy atom. The van der Waals surface area contributed by atoms with E-state index in [2.05, 4.69) is 5.32 Å². The van der Waals surface area contributed by atoms with Crippen LogP contribution in [0.4, 0.5) is 0 Å². The van der Waals surface area contributed by atoms with Gasteiger partial charge in [-0.2, -0.15) is 0 Å². The number of carbonyl (C=O) groups is 1. The second-order valence-corrected chi connectivity index (χ2v) is 4.07. The van der Waals surface area contributed by atoms with Gasteiger partial charge in [0.1, 0.15) is 0 Å². The Morgan fingerprint density at radius 1 is 1.67 bits per heavy atom. The summed E-state index contributed by atoms with van der Waals surface area (Å²) in [4.78, 5) is 11.5. The smallest absolute Gasteiger partial charge is 0.309 e. The van der Waals surface area contributed by atoms with Crippen LogP contribution in [0.25, 0.3) is 0 Å². The van der Waals surface area contributed by atoms with Crippen LogP contribution in [0.3, 0.4) is 0 Å². The summed E-state index contributed by atoms with van der Waals surface area (Å²) in [5.41, 5.74) is 0. The van der Waals surface area contributed by atoms with Gasteiger partial charge in [-0.05, 0) is 13.0 Å². The number of carbonyl (C=O) groups excluding carboxylic acids is 1. The van der Waals surface area contributed by atoms with Crippen LogP contribution in [0.15, 0.2) is 0 Å². The van der Waals surface area contributed by atoms with E-state index in [1.165, 1.54) is 0 Å².